The van der Waals surface area contributed by atoms with E-state index < -0.39 is 11.4 Å². The number of ether oxygens (including phenoxy) is 2. The van der Waals surface area contributed by atoms with Crippen LogP contribution in [0.3, 0.4) is 0 Å². The van der Waals surface area contributed by atoms with Crippen molar-refractivity contribution in [2.45, 2.75) is 51.5 Å². The Morgan fingerprint density at radius 3 is 2.78 bits per heavy atom. The summed E-state index contributed by atoms with van der Waals surface area (Å²) in [5, 5.41) is 9.79. The molecule has 1 N–H and O–H groups in total. The van der Waals surface area contributed by atoms with Crippen molar-refractivity contribution in [3.05, 3.63) is 35.9 Å². The summed E-state index contributed by atoms with van der Waals surface area (Å²) in [6.45, 7) is 3.39. The van der Waals surface area contributed by atoms with E-state index in [1.807, 2.05) is 37.3 Å². The zero-order chi connectivity index (χ0) is 19.0. The van der Waals surface area contributed by atoms with Gasteiger partial charge in [0.1, 0.15) is 0 Å². The molecule has 5 unspecified atom stereocenters. The Labute approximate surface area is 159 Å². The number of hydrogen-bond donors (Lipinski definition) is 1. The van der Waals surface area contributed by atoms with Gasteiger partial charge in [0.25, 0.3) is 0 Å². The maximum Gasteiger partial charge on any atom is 0.319 e. The number of carbonyl (C=O) groups excluding carboxylic acids is 1. The van der Waals surface area contributed by atoms with Crippen molar-refractivity contribution in [3.63, 3.8) is 0 Å². The molecule has 2 saturated heterocycles. The average Bonchev–Trinajstić information content (AvgIpc) is 3.30. The summed E-state index contributed by atoms with van der Waals surface area (Å²) in [7, 11) is 0. The summed E-state index contributed by atoms with van der Waals surface area (Å²) < 4.78 is 11.6. The number of rotatable bonds is 6. The van der Waals surface area contributed by atoms with Crippen LogP contribution >= 0.6 is 0 Å². The molecule has 0 spiro atoms. The molecule has 0 bridgehead atoms. The highest BCUT2D eigenvalue weighted by Crippen LogP contribution is 2.64. The van der Waals surface area contributed by atoms with Crippen molar-refractivity contribution in [2.75, 3.05) is 13.2 Å². The van der Waals surface area contributed by atoms with Crippen molar-refractivity contribution in [3.8, 4) is 0 Å². The highest BCUT2D eigenvalue weighted by atomic mass is 16.7. The Bertz CT molecular complexity index is 702. The van der Waals surface area contributed by atoms with Gasteiger partial charge in [0.05, 0.1) is 12.6 Å². The van der Waals surface area contributed by atoms with Crippen molar-refractivity contribution in [1.29, 1.82) is 0 Å². The van der Waals surface area contributed by atoms with Gasteiger partial charge in [0.2, 0.25) is 5.91 Å². The van der Waals surface area contributed by atoms with Crippen LogP contribution in [-0.4, -0.2) is 47.4 Å². The lowest BCUT2D eigenvalue weighted by atomic mass is 9.91. The Kier molecular flexibility index (Phi) is 4.95. The molecule has 2 heterocycles. The summed E-state index contributed by atoms with van der Waals surface area (Å²) in [6, 6.07) is 9.60. The molecule has 2 aliphatic heterocycles. The Morgan fingerprint density at radius 1 is 1.33 bits per heavy atom. The monoisotopic (exact) mass is 373 g/mol. The smallest absolute Gasteiger partial charge is 0.319 e. The van der Waals surface area contributed by atoms with E-state index in [1.165, 1.54) is 0 Å². The van der Waals surface area contributed by atoms with Gasteiger partial charge in [-0.05, 0) is 43.1 Å². The van der Waals surface area contributed by atoms with Gasteiger partial charge in [0.15, 0.2) is 11.7 Å². The standard InChI is InChI=1S/C21H27NO5/c1-14-17-11-16(13-27-18-9-5-6-10-26-18)22(12-15-7-3-2-4-8-15)19(23)21(14,17)20(24)25/h2-4,7-8,14,16-18H,5-6,9-13H2,1H3,(H,24,25). The molecular weight excluding hydrogens is 346 g/mol. The van der Waals surface area contributed by atoms with Crippen LogP contribution in [0, 0.1) is 17.3 Å². The molecule has 4 rings (SSSR count). The molecule has 1 amide bonds. The molecular formula is C21H27NO5. The first kappa shape index (κ1) is 18.4. The molecule has 146 valence electrons. The van der Waals surface area contributed by atoms with E-state index in [9.17, 15) is 14.7 Å². The average molecular weight is 373 g/mol. The second kappa shape index (κ2) is 7.24. The molecule has 3 aliphatic rings. The number of nitrogens with zero attached hydrogens (tertiary/aromatic N) is 1. The minimum absolute atomic E-state index is 0.101. The van der Waals surface area contributed by atoms with Crippen molar-refractivity contribution in [2.24, 2.45) is 17.3 Å². The number of aliphatic carboxylic acids is 1. The third-order valence-electron chi connectivity index (χ3n) is 6.54. The van der Waals surface area contributed by atoms with Gasteiger partial charge in [-0.25, -0.2) is 0 Å². The summed E-state index contributed by atoms with van der Waals surface area (Å²) in [6.07, 6.45) is 3.47. The molecule has 27 heavy (non-hydrogen) atoms. The second-order valence-electron chi connectivity index (χ2n) is 8.01. The number of amides is 1. The fourth-order valence-electron chi connectivity index (χ4n) is 4.86. The molecule has 6 heteroatoms. The number of fused-ring (bicyclic) bond motifs is 1. The Hall–Kier alpha value is -1.92. The minimum atomic E-state index is -1.24. The van der Waals surface area contributed by atoms with Crippen molar-refractivity contribution < 1.29 is 24.2 Å². The van der Waals surface area contributed by atoms with E-state index in [-0.39, 0.29) is 30.1 Å². The molecule has 0 radical (unpaired) electrons. The van der Waals surface area contributed by atoms with Crippen LogP contribution in [0.1, 0.15) is 38.2 Å². The zero-order valence-electron chi connectivity index (χ0n) is 15.7. The first-order chi connectivity index (χ1) is 13.0. The molecule has 1 aromatic rings. The van der Waals surface area contributed by atoms with Gasteiger partial charge in [0, 0.05) is 13.2 Å². The van der Waals surface area contributed by atoms with Crippen LogP contribution in [0.4, 0.5) is 0 Å². The summed E-state index contributed by atoms with van der Waals surface area (Å²) in [4.78, 5) is 26.9. The number of benzene rings is 1. The predicted molar refractivity (Wildman–Crippen MR) is 97.7 cm³/mol. The van der Waals surface area contributed by atoms with E-state index in [0.717, 1.165) is 24.8 Å². The number of hydrogen-bond acceptors (Lipinski definition) is 4. The van der Waals surface area contributed by atoms with Crippen LogP contribution < -0.4 is 0 Å². The van der Waals surface area contributed by atoms with Gasteiger partial charge >= 0.3 is 5.97 Å². The number of likely N-dealkylation sites (tertiary alicyclic amines) is 1. The Balaban J connectivity index is 1.53. The maximum absolute atomic E-state index is 13.3. The van der Waals surface area contributed by atoms with E-state index in [1.54, 1.807) is 4.90 Å². The first-order valence-corrected chi connectivity index (χ1v) is 9.86. The largest absolute Gasteiger partial charge is 0.480 e. The third-order valence-corrected chi connectivity index (χ3v) is 6.54. The normalized spacial score (nSPS) is 35.6. The van der Waals surface area contributed by atoms with Crippen LogP contribution in [0.15, 0.2) is 30.3 Å². The highest BCUT2D eigenvalue weighted by Gasteiger charge is 2.76. The quantitative estimate of drug-likeness (QED) is 0.776. The van der Waals surface area contributed by atoms with E-state index in [0.29, 0.717) is 26.2 Å². The number of carboxylic acids is 1. The summed E-state index contributed by atoms with van der Waals surface area (Å²) in [5.41, 5.74) is -0.246. The first-order valence-electron chi connectivity index (χ1n) is 9.86. The summed E-state index contributed by atoms with van der Waals surface area (Å²) in [5.74, 6) is -1.48. The fourth-order valence-corrected chi connectivity index (χ4v) is 4.86. The third kappa shape index (κ3) is 3.15. The van der Waals surface area contributed by atoms with Gasteiger partial charge in [-0.3, -0.25) is 9.59 Å². The van der Waals surface area contributed by atoms with E-state index >= 15 is 0 Å². The lowest BCUT2D eigenvalue weighted by Gasteiger charge is -2.38. The number of carbonyl (C=O) groups is 2. The van der Waals surface area contributed by atoms with Crippen LogP contribution in [0.5, 0.6) is 0 Å². The van der Waals surface area contributed by atoms with Gasteiger partial charge in [-0.15, -0.1) is 0 Å². The van der Waals surface area contributed by atoms with Gasteiger partial charge in [-0.1, -0.05) is 37.3 Å². The fraction of sp³-hybridized carbons (Fsp3) is 0.619. The van der Waals surface area contributed by atoms with Crippen molar-refractivity contribution >= 4 is 11.9 Å². The molecule has 3 fully saturated rings. The van der Waals surface area contributed by atoms with Crippen LogP contribution in [-0.2, 0) is 25.6 Å². The van der Waals surface area contributed by atoms with E-state index in [4.69, 9.17) is 9.47 Å². The number of carboxylic acid groups (broad SMARTS) is 1. The van der Waals surface area contributed by atoms with Gasteiger partial charge in [-0.2, -0.15) is 0 Å². The van der Waals surface area contributed by atoms with Crippen molar-refractivity contribution in [1.82, 2.24) is 4.90 Å². The maximum atomic E-state index is 13.3. The Morgan fingerprint density at radius 2 is 2.11 bits per heavy atom. The minimum Gasteiger partial charge on any atom is -0.480 e. The SMILES string of the molecule is CC1C2CC(COC3CCCCO3)N(Cc3ccccc3)C(=O)C12C(=O)O. The van der Waals surface area contributed by atoms with Crippen LogP contribution in [0.2, 0.25) is 0 Å². The molecule has 6 nitrogen and oxygen atoms in total. The van der Waals surface area contributed by atoms with Crippen LogP contribution in [0.25, 0.3) is 0 Å². The highest BCUT2D eigenvalue weighted by molar-refractivity contribution is 6.07. The van der Waals surface area contributed by atoms with E-state index in [2.05, 4.69) is 0 Å². The lowest BCUT2D eigenvalue weighted by Crippen LogP contribution is -2.53. The number of piperidine rings is 1. The molecule has 0 aromatic heterocycles. The summed E-state index contributed by atoms with van der Waals surface area (Å²) >= 11 is 0. The zero-order valence-corrected chi connectivity index (χ0v) is 15.7. The predicted octanol–water partition coefficient (Wildman–Crippen LogP) is 2.67. The topological polar surface area (TPSA) is 76.1 Å². The second-order valence-corrected chi connectivity index (χ2v) is 8.01. The molecule has 1 aliphatic carbocycles. The molecule has 1 aromatic carbocycles. The molecule has 5 atom stereocenters. The van der Waals surface area contributed by atoms with Gasteiger partial charge < -0.3 is 19.5 Å². The molecule has 1 saturated carbocycles. The lowest BCUT2D eigenvalue weighted by molar-refractivity contribution is -0.180.